The van der Waals surface area contributed by atoms with Gasteiger partial charge in [0.25, 0.3) is 0 Å². The maximum atomic E-state index is 12.0. The van der Waals surface area contributed by atoms with Crippen LogP contribution < -0.4 is 5.73 Å². The topological polar surface area (TPSA) is 55.6 Å². The Labute approximate surface area is 111 Å². The highest BCUT2D eigenvalue weighted by Crippen LogP contribution is 2.28. The molecule has 0 aliphatic carbocycles. The van der Waals surface area contributed by atoms with Gasteiger partial charge in [0.15, 0.2) is 0 Å². The second-order valence-corrected chi connectivity index (χ2v) is 6.37. The number of nitrogens with two attached hydrogens (primary N) is 1. The first-order valence-electron chi connectivity index (χ1n) is 7.03. The number of ether oxygens (including phenoxy) is 1. The largest absolute Gasteiger partial charge is 0.444 e. The van der Waals surface area contributed by atoms with E-state index in [4.69, 9.17) is 10.5 Å². The molecule has 18 heavy (non-hydrogen) atoms. The molecular weight excluding hydrogens is 228 g/mol. The molecule has 4 nitrogen and oxygen atoms in total. The van der Waals surface area contributed by atoms with Crippen LogP contribution in [0.3, 0.4) is 0 Å². The first-order valence-corrected chi connectivity index (χ1v) is 7.03. The molecule has 0 radical (unpaired) electrons. The predicted octanol–water partition coefficient (Wildman–Crippen LogP) is 2.76. The van der Waals surface area contributed by atoms with Gasteiger partial charge in [-0.05, 0) is 59.4 Å². The van der Waals surface area contributed by atoms with Crippen molar-refractivity contribution in [3.05, 3.63) is 0 Å². The summed E-state index contributed by atoms with van der Waals surface area (Å²) in [6.07, 6.45) is 4.33. The Morgan fingerprint density at radius 2 is 2.06 bits per heavy atom. The summed E-state index contributed by atoms with van der Waals surface area (Å²) in [7, 11) is 0. The Kier molecular flexibility index (Phi) is 5.45. The molecule has 2 atom stereocenters. The number of amides is 1. The van der Waals surface area contributed by atoms with Gasteiger partial charge in [-0.1, -0.05) is 6.42 Å². The van der Waals surface area contributed by atoms with Crippen molar-refractivity contribution in [1.29, 1.82) is 0 Å². The molecule has 4 heteroatoms. The number of rotatable bonds is 4. The number of carbonyl (C=O) groups excluding carboxylic acids is 1. The number of carbonyl (C=O) groups is 1. The number of likely N-dealkylation sites (tertiary alicyclic amines) is 1. The molecule has 2 N–H and O–H groups in total. The van der Waals surface area contributed by atoms with Crippen molar-refractivity contribution in [1.82, 2.24) is 4.90 Å². The van der Waals surface area contributed by atoms with Crippen molar-refractivity contribution in [2.24, 2.45) is 11.7 Å². The Hall–Kier alpha value is -0.770. The Morgan fingerprint density at radius 3 is 2.61 bits per heavy atom. The van der Waals surface area contributed by atoms with E-state index in [0.717, 1.165) is 32.4 Å². The highest BCUT2D eigenvalue weighted by molar-refractivity contribution is 5.68. The van der Waals surface area contributed by atoms with Crippen LogP contribution in [0.5, 0.6) is 0 Å². The first kappa shape index (κ1) is 15.3. The molecular formula is C14H28N2O2. The van der Waals surface area contributed by atoms with Crippen LogP contribution in [0.2, 0.25) is 0 Å². The Morgan fingerprint density at radius 1 is 1.39 bits per heavy atom. The van der Waals surface area contributed by atoms with Gasteiger partial charge in [-0.25, -0.2) is 4.79 Å². The standard InChI is InChI=1S/C14H28N2O2/c1-11-9-12(7-5-6-8-15)10-16(11)13(17)18-14(2,3)4/h11-12H,5-10,15H2,1-4H3. The minimum Gasteiger partial charge on any atom is -0.444 e. The van der Waals surface area contributed by atoms with Gasteiger partial charge in [0, 0.05) is 12.6 Å². The molecule has 1 amide bonds. The Bertz CT molecular complexity index is 273. The van der Waals surface area contributed by atoms with Gasteiger partial charge in [0.2, 0.25) is 0 Å². The smallest absolute Gasteiger partial charge is 0.410 e. The zero-order chi connectivity index (χ0) is 13.8. The van der Waals surface area contributed by atoms with Gasteiger partial charge >= 0.3 is 6.09 Å². The molecule has 1 saturated heterocycles. The molecule has 1 aliphatic rings. The van der Waals surface area contributed by atoms with E-state index in [2.05, 4.69) is 6.92 Å². The van der Waals surface area contributed by atoms with E-state index in [0.29, 0.717) is 12.0 Å². The molecule has 0 aromatic rings. The quantitative estimate of drug-likeness (QED) is 0.787. The zero-order valence-corrected chi connectivity index (χ0v) is 12.2. The molecule has 0 aromatic heterocycles. The molecule has 1 rings (SSSR count). The minimum atomic E-state index is -0.408. The van der Waals surface area contributed by atoms with Crippen LogP contribution in [0.15, 0.2) is 0 Å². The lowest BCUT2D eigenvalue weighted by molar-refractivity contribution is 0.0233. The first-order chi connectivity index (χ1) is 8.33. The third-order valence-electron chi connectivity index (χ3n) is 3.36. The van der Waals surface area contributed by atoms with Crippen LogP contribution in [0, 0.1) is 5.92 Å². The van der Waals surface area contributed by atoms with Crippen molar-refractivity contribution in [3.63, 3.8) is 0 Å². The van der Waals surface area contributed by atoms with Crippen LogP contribution in [0.25, 0.3) is 0 Å². The van der Waals surface area contributed by atoms with Crippen molar-refractivity contribution >= 4 is 6.09 Å². The number of nitrogens with zero attached hydrogens (tertiary/aromatic N) is 1. The van der Waals surface area contributed by atoms with Crippen LogP contribution in [0.4, 0.5) is 4.79 Å². The molecule has 1 aliphatic heterocycles. The third kappa shape index (κ3) is 4.84. The van der Waals surface area contributed by atoms with Gasteiger partial charge in [-0.3, -0.25) is 0 Å². The van der Waals surface area contributed by atoms with Crippen molar-refractivity contribution in [2.45, 2.75) is 65.0 Å². The van der Waals surface area contributed by atoms with Crippen molar-refractivity contribution < 1.29 is 9.53 Å². The fourth-order valence-electron chi connectivity index (χ4n) is 2.50. The molecule has 0 saturated carbocycles. The van der Waals surface area contributed by atoms with E-state index in [9.17, 15) is 4.79 Å². The van der Waals surface area contributed by atoms with E-state index in [1.165, 1.54) is 6.42 Å². The summed E-state index contributed by atoms with van der Waals surface area (Å²) in [5.41, 5.74) is 5.09. The zero-order valence-electron chi connectivity index (χ0n) is 12.2. The number of hydrogen-bond donors (Lipinski definition) is 1. The summed E-state index contributed by atoms with van der Waals surface area (Å²) >= 11 is 0. The highest BCUT2D eigenvalue weighted by atomic mass is 16.6. The van der Waals surface area contributed by atoms with E-state index < -0.39 is 5.60 Å². The van der Waals surface area contributed by atoms with Gasteiger partial charge in [-0.15, -0.1) is 0 Å². The minimum absolute atomic E-state index is 0.170. The number of hydrogen-bond acceptors (Lipinski definition) is 3. The monoisotopic (exact) mass is 256 g/mol. The second-order valence-electron chi connectivity index (χ2n) is 6.37. The lowest BCUT2D eigenvalue weighted by Gasteiger charge is -2.27. The van der Waals surface area contributed by atoms with Crippen molar-refractivity contribution in [3.8, 4) is 0 Å². The van der Waals surface area contributed by atoms with Crippen LogP contribution >= 0.6 is 0 Å². The summed E-state index contributed by atoms with van der Waals surface area (Å²) in [5, 5.41) is 0. The van der Waals surface area contributed by atoms with Gasteiger partial charge < -0.3 is 15.4 Å². The normalized spacial score (nSPS) is 24.4. The lowest BCUT2D eigenvalue weighted by atomic mass is 9.99. The molecule has 0 spiro atoms. The van der Waals surface area contributed by atoms with Gasteiger partial charge in [0.1, 0.15) is 5.60 Å². The van der Waals surface area contributed by atoms with Gasteiger partial charge in [-0.2, -0.15) is 0 Å². The van der Waals surface area contributed by atoms with Crippen molar-refractivity contribution in [2.75, 3.05) is 13.1 Å². The maximum absolute atomic E-state index is 12.0. The van der Waals surface area contributed by atoms with E-state index in [1.54, 1.807) is 0 Å². The molecule has 2 unspecified atom stereocenters. The summed E-state index contributed by atoms with van der Waals surface area (Å²) in [6, 6.07) is 0.294. The average molecular weight is 256 g/mol. The fourth-order valence-corrected chi connectivity index (χ4v) is 2.50. The second kappa shape index (κ2) is 6.41. The molecule has 1 heterocycles. The van der Waals surface area contributed by atoms with Gasteiger partial charge in [0.05, 0.1) is 0 Å². The molecule has 106 valence electrons. The van der Waals surface area contributed by atoms with Crippen LogP contribution in [-0.4, -0.2) is 35.7 Å². The predicted molar refractivity (Wildman–Crippen MR) is 73.4 cm³/mol. The van der Waals surface area contributed by atoms with E-state index >= 15 is 0 Å². The lowest BCUT2D eigenvalue weighted by Crippen LogP contribution is -2.38. The summed E-state index contributed by atoms with van der Waals surface area (Å²) in [5.74, 6) is 0.610. The summed E-state index contributed by atoms with van der Waals surface area (Å²) in [6.45, 7) is 9.42. The van der Waals surface area contributed by atoms with Crippen LogP contribution in [0.1, 0.15) is 53.4 Å². The third-order valence-corrected chi connectivity index (χ3v) is 3.36. The highest BCUT2D eigenvalue weighted by Gasteiger charge is 2.34. The summed E-state index contributed by atoms with van der Waals surface area (Å²) in [4.78, 5) is 13.9. The summed E-state index contributed by atoms with van der Waals surface area (Å²) < 4.78 is 5.43. The SMILES string of the molecule is CC1CC(CCCCN)CN1C(=O)OC(C)(C)C. The Balaban J connectivity index is 2.41. The molecule has 1 fully saturated rings. The maximum Gasteiger partial charge on any atom is 0.410 e. The average Bonchev–Trinajstić information content (AvgIpc) is 2.58. The number of unbranched alkanes of at least 4 members (excludes halogenated alkanes) is 1. The molecule has 0 aromatic carbocycles. The van der Waals surface area contributed by atoms with E-state index in [1.807, 2.05) is 25.7 Å². The molecule has 0 bridgehead atoms. The van der Waals surface area contributed by atoms with E-state index in [-0.39, 0.29) is 6.09 Å². The fraction of sp³-hybridized carbons (Fsp3) is 0.929. The van der Waals surface area contributed by atoms with Crippen LogP contribution in [-0.2, 0) is 4.74 Å².